The minimum Gasteiger partial charge on any atom is -0.481 e. The number of hydrogen-bond acceptors (Lipinski definition) is 12. The van der Waals surface area contributed by atoms with E-state index >= 15 is 0 Å². The van der Waals surface area contributed by atoms with Crippen molar-refractivity contribution in [2.75, 3.05) is 6.54 Å². The maximum Gasteiger partial charge on any atom is 0.305 e. The van der Waals surface area contributed by atoms with Crippen LogP contribution in [0.3, 0.4) is 0 Å². The quantitative estimate of drug-likeness (QED) is 0.0316. The first-order valence-corrected chi connectivity index (χ1v) is 19.9. The van der Waals surface area contributed by atoms with Crippen molar-refractivity contribution < 1.29 is 63.3 Å². The second-order valence-corrected chi connectivity index (χ2v) is 15.1. The number of amides is 7. The molecule has 9 N–H and O–H groups in total. The minimum atomic E-state index is -1.81. The molecule has 0 bridgehead atoms. The maximum absolute atomic E-state index is 14.4. The van der Waals surface area contributed by atoms with Gasteiger partial charge in [-0.25, -0.2) is 16.3 Å². The summed E-state index contributed by atoms with van der Waals surface area (Å²) in [5.41, 5.74) is 3.18. The fraction of sp³-hybridized carbons (Fsp3) is 0.615. The molecule has 21 heteroatoms. The molecule has 334 valence electrons. The van der Waals surface area contributed by atoms with Crippen molar-refractivity contribution in [3.63, 3.8) is 0 Å². The van der Waals surface area contributed by atoms with Crippen molar-refractivity contribution in [3.8, 4) is 0 Å². The van der Waals surface area contributed by atoms with Crippen LogP contribution in [-0.2, 0) is 54.5 Å². The van der Waals surface area contributed by atoms with Gasteiger partial charge in [0.05, 0.1) is 19.1 Å². The maximum atomic E-state index is 14.4. The topological polar surface area (TPSA) is 307 Å². The molecule has 2 rings (SSSR count). The Kier molecular flexibility index (Phi) is 20.5. The zero-order chi connectivity index (χ0) is 45.3. The van der Waals surface area contributed by atoms with Crippen molar-refractivity contribution in [1.82, 2.24) is 36.5 Å². The Morgan fingerprint density at radius 1 is 0.900 bits per heavy atom. The number of rotatable bonds is 23. The van der Waals surface area contributed by atoms with Crippen molar-refractivity contribution in [2.24, 2.45) is 17.7 Å². The highest BCUT2D eigenvalue weighted by Gasteiger charge is 2.45. The molecule has 1 saturated heterocycles. The van der Waals surface area contributed by atoms with Crippen molar-refractivity contribution in [1.29, 1.82) is 0 Å². The number of hydrazine groups is 2. The average molecular weight is 849 g/mol. The lowest BCUT2D eigenvalue weighted by Crippen LogP contribution is -2.62. The van der Waals surface area contributed by atoms with Gasteiger partial charge in [-0.3, -0.25) is 48.4 Å². The third-order valence-electron chi connectivity index (χ3n) is 9.93. The molecule has 1 heterocycles. The lowest BCUT2D eigenvalue weighted by atomic mass is 9.95. The number of carboxylic acid groups (broad SMARTS) is 2. The Balaban J connectivity index is 2.43. The van der Waals surface area contributed by atoms with E-state index in [1.807, 2.05) is 37.3 Å². The highest BCUT2D eigenvalue weighted by Crippen LogP contribution is 2.25. The molecule has 0 radical (unpaired) electrons. The normalized spacial score (nSPS) is 17.3. The van der Waals surface area contributed by atoms with Gasteiger partial charge in [-0.1, -0.05) is 77.8 Å². The molecule has 7 atom stereocenters. The summed E-state index contributed by atoms with van der Waals surface area (Å²) in [6.45, 7) is 9.37. The Morgan fingerprint density at radius 2 is 1.55 bits per heavy atom. The number of likely N-dealkylation sites (tertiary alicyclic amines) is 1. The summed E-state index contributed by atoms with van der Waals surface area (Å²) < 4.78 is 6.09. The van der Waals surface area contributed by atoms with Gasteiger partial charge in [0, 0.05) is 32.7 Å². The Morgan fingerprint density at radius 3 is 2.10 bits per heavy atom. The first-order valence-electron chi connectivity index (χ1n) is 19.9. The number of benzene rings is 1. The number of hydroxylamine groups is 2. The van der Waals surface area contributed by atoms with Gasteiger partial charge in [0.2, 0.25) is 23.6 Å². The summed E-state index contributed by atoms with van der Waals surface area (Å²) >= 11 is 0. The summed E-state index contributed by atoms with van der Waals surface area (Å²) in [6.07, 6.45) is -1.35. The molecule has 1 aliphatic heterocycles. The van der Waals surface area contributed by atoms with Crippen LogP contribution in [0.15, 0.2) is 30.3 Å². The summed E-state index contributed by atoms with van der Waals surface area (Å²) in [7, 11) is 0. The highest BCUT2D eigenvalue weighted by atomic mass is 16.5. The van der Waals surface area contributed by atoms with E-state index in [-0.39, 0.29) is 37.5 Å². The van der Waals surface area contributed by atoms with Crippen molar-refractivity contribution >= 4 is 53.3 Å². The van der Waals surface area contributed by atoms with Crippen LogP contribution < -0.4 is 27.2 Å². The van der Waals surface area contributed by atoms with Gasteiger partial charge < -0.3 is 35.8 Å². The summed E-state index contributed by atoms with van der Waals surface area (Å²) in [6, 6.07) is 1.42. The van der Waals surface area contributed by atoms with Crippen LogP contribution in [0.1, 0.15) is 98.5 Å². The standard InChI is InChI=1S/C39H60N8O13/c1-7-9-15-30(49)47(40)44-36(55)29-18-26(60-21-25-13-11-10-12-14-25)20-45(29)39(58)33(22(3)4)43-37(56)34(23(5)8-2)46(59)38(57)27(16-17-31(50)51)42-35(54)28(19-32(52)53)41-24(6)48/h10-14,22-23,26-29,33-34,59H,7-9,15-21,40H2,1-6H3,(H,41,48)(H,42,54)(H,43,56)(H,44,55)(H,50,51)(H,52,53)/t23?,26-,27-,28+,29+,33+,34+/m1/s1. The van der Waals surface area contributed by atoms with Crippen LogP contribution in [-0.4, -0.2) is 127 Å². The Bertz CT molecular complexity index is 1660. The summed E-state index contributed by atoms with van der Waals surface area (Å²) in [4.78, 5) is 117. The van der Waals surface area contributed by atoms with Crippen LogP contribution in [0, 0.1) is 11.8 Å². The van der Waals surface area contributed by atoms with Gasteiger partial charge in [-0.2, -0.15) is 5.12 Å². The minimum absolute atomic E-state index is 0.00722. The van der Waals surface area contributed by atoms with Gasteiger partial charge in [0.25, 0.3) is 17.7 Å². The Hall–Kier alpha value is -5.67. The van der Waals surface area contributed by atoms with E-state index in [1.165, 1.54) is 11.8 Å². The smallest absolute Gasteiger partial charge is 0.305 e. The number of carbonyl (C=O) groups is 9. The van der Waals surface area contributed by atoms with Crippen LogP contribution in [0.5, 0.6) is 0 Å². The van der Waals surface area contributed by atoms with Crippen LogP contribution in [0.25, 0.3) is 0 Å². The molecule has 0 aromatic heterocycles. The lowest BCUT2D eigenvalue weighted by molar-refractivity contribution is -0.187. The number of carboxylic acids is 2. The molecule has 0 saturated carbocycles. The molecule has 7 amide bonds. The lowest BCUT2D eigenvalue weighted by Gasteiger charge is -2.35. The number of carbonyl (C=O) groups excluding carboxylic acids is 7. The van der Waals surface area contributed by atoms with E-state index in [2.05, 4.69) is 21.4 Å². The monoisotopic (exact) mass is 848 g/mol. The van der Waals surface area contributed by atoms with Gasteiger partial charge >= 0.3 is 11.9 Å². The average Bonchev–Trinajstić information content (AvgIpc) is 3.63. The Labute approximate surface area is 348 Å². The third kappa shape index (κ3) is 15.5. The number of aliphatic carboxylic acids is 2. The molecule has 1 aromatic carbocycles. The number of hydrogen-bond donors (Lipinski definition) is 8. The summed E-state index contributed by atoms with van der Waals surface area (Å²) in [5, 5.41) is 37.5. The predicted molar refractivity (Wildman–Crippen MR) is 211 cm³/mol. The molecule has 0 spiro atoms. The molecule has 60 heavy (non-hydrogen) atoms. The van der Waals surface area contributed by atoms with E-state index < -0.39 is 121 Å². The number of nitrogens with two attached hydrogens (primary N) is 1. The van der Waals surface area contributed by atoms with Crippen LogP contribution >= 0.6 is 0 Å². The predicted octanol–water partition coefficient (Wildman–Crippen LogP) is 0.199. The molecule has 1 fully saturated rings. The molecule has 1 unspecified atom stereocenters. The first-order chi connectivity index (χ1) is 28.2. The summed E-state index contributed by atoms with van der Waals surface area (Å²) in [5.74, 6) is -4.77. The molecule has 1 aliphatic rings. The molecular formula is C39H60N8O13. The number of ether oxygens (including phenoxy) is 1. The van der Waals surface area contributed by atoms with E-state index in [0.29, 0.717) is 18.0 Å². The van der Waals surface area contributed by atoms with Gasteiger partial charge in [-0.05, 0) is 30.2 Å². The highest BCUT2D eigenvalue weighted by molar-refractivity contribution is 5.97. The fourth-order valence-electron chi connectivity index (χ4n) is 6.39. The third-order valence-corrected chi connectivity index (χ3v) is 9.93. The van der Waals surface area contributed by atoms with Crippen molar-refractivity contribution in [2.45, 2.75) is 136 Å². The fourth-order valence-corrected chi connectivity index (χ4v) is 6.39. The van der Waals surface area contributed by atoms with Gasteiger partial charge in [0.15, 0.2) is 0 Å². The van der Waals surface area contributed by atoms with Crippen molar-refractivity contribution in [3.05, 3.63) is 35.9 Å². The van der Waals surface area contributed by atoms with E-state index in [4.69, 9.17) is 10.6 Å². The number of nitrogens with one attached hydrogen (secondary N) is 4. The van der Waals surface area contributed by atoms with Gasteiger partial charge in [0.1, 0.15) is 30.2 Å². The second kappa shape index (κ2) is 24.4. The molecule has 0 aliphatic carbocycles. The molecule has 1 aromatic rings. The van der Waals surface area contributed by atoms with Crippen LogP contribution in [0.2, 0.25) is 0 Å². The number of unbranched alkanes of at least 4 members (excludes halogenated alkanes) is 1. The number of nitrogens with zero attached hydrogens (tertiary/aromatic N) is 3. The largest absolute Gasteiger partial charge is 0.481 e. The SMILES string of the molecule is CCCCC(=O)N(N)NC(=O)[C@@H]1C[C@@H](OCc2ccccc2)CN1C(=O)[C@@H](NC(=O)[C@H](C(C)CC)N(O)C(=O)[C@@H](CCC(=O)O)NC(=O)[C@H](CC(=O)O)NC(C)=O)C(C)C. The van der Waals surface area contributed by atoms with E-state index in [0.717, 1.165) is 12.5 Å². The molecular weight excluding hydrogens is 788 g/mol. The zero-order valence-corrected chi connectivity index (χ0v) is 34.9. The van der Waals surface area contributed by atoms with Crippen LogP contribution in [0.4, 0.5) is 0 Å². The van der Waals surface area contributed by atoms with E-state index in [1.54, 1.807) is 20.8 Å². The second-order valence-electron chi connectivity index (χ2n) is 15.1. The zero-order valence-electron chi connectivity index (χ0n) is 34.9. The first kappa shape index (κ1) is 50.5. The van der Waals surface area contributed by atoms with Gasteiger partial charge in [-0.15, -0.1) is 0 Å². The molecule has 21 nitrogen and oxygen atoms in total. The van der Waals surface area contributed by atoms with E-state index in [9.17, 15) is 58.6 Å².